The fraction of sp³-hybridized carbons (Fsp3) is 0.423. The lowest BCUT2D eigenvalue weighted by Gasteiger charge is -2.20. The average Bonchev–Trinajstić information content (AvgIpc) is 2.77. The summed E-state index contributed by atoms with van der Waals surface area (Å²) in [6, 6.07) is 7.20. The first-order valence-electron chi connectivity index (χ1n) is 11.3. The number of hydrogen-bond acceptors (Lipinski definition) is 4. The van der Waals surface area contributed by atoms with Crippen molar-refractivity contribution >= 4 is 10.8 Å². The molecule has 1 aliphatic heterocycles. The van der Waals surface area contributed by atoms with Gasteiger partial charge in [-0.1, -0.05) is 39.0 Å². The minimum atomic E-state index is -0.101. The zero-order valence-electron chi connectivity index (χ0n) is 18.4. The van der Waals surface area contributed by atoms with Crippen molar-refractivity contribution in [2.24, 2.45) is 0 Å². The molecular weight excluding hydrogens is 390 g/mol. The Kier molecular flexibility index (Phi) is 6.21. The lowest BCUT2D eigenvalue weighted by Crippen LogP contribution is -2.41. The summed E-state index contributed by atoms with van der Waals surface area (Å²) in [5, 5.41) is 32.8. The SMILES string of the molecule is CCCCCCCCc1c2[n+](cc3c(O)c(OC)ccc13)CCc1cc(O)c(O)cc1-2. The van der Waals surface area contributed by atoms with Crippen molar-refractivity contribution in [2.75, 3.05) is 7.11 Å². The van der Waals surface area contributed by atoms with Crippen molar-refractivity contribution < 1.29 is 24.6 Å². The third-order valence-electron chi connectivity index (χ3n) is 6.44. The molecule has 3 aromatic rings. The van der Waals surface area contributed by atoms with Crippen molar-refractivity contribution in [2.45, 2.75) is 64.8 Å². The van der Waals surface area contributed by atoms with Gasteiger partial charge in [-0.05, 0) is 42.7 Å². The van der Waals surface area contributed by atoms with Crippen LogP contribution in [-0.4, -0.2) is 22.4 Å². The van der Waals surface area contributed by atoms with Crippen LogP contribution in [0.2, 0.25) is 0 Å². The van der Waals surface area contributed by atoms with Crippen LogP contribution in [0, 0.1) is 0 Å². The molecule has 5 heteroatoms. The second kappa shape index (κ2) is 9.04. The number of aromatic hydroxyl groups is 3. The Balaban J connectivity index is 1.83. The highest BCUT2D eigenvalue weighted by atomic mass is 16.5. The van der Waals surface area contributed by atoms with Gasteiger partial charge in [-0.25, -0.2) is 0 Å². The highest BCUT2D eigenvalue weighted by Crippen LogP contribution is 2.42. The average molecular weight is 423 g/mol. The van der Waals surface area contributed by atoms with Gasteiger partial charge in [-0.2, -0.15) is 4.57 Å². The van der Waals surface area contributed by atoms with Crippen molar-refractivity contribution in [3.8, 4) is 34.3 Å². The highest BCUT2D eigenvalue weighted by molar-refractivity contribution is 5.94. The minimum Gasteiger partial charge on any atom is -0.504 e. The zero-order chi connectivity index (χ0) is 22.0. The summed E-state index contributed by atoms with van der Waals surface area (Å²) in [5.41, 5.74) is 4.25. The van der Waals surface area contributed by atoms with Gasteiger partial charge in [0.25, 0.3) is 0 Å². The van der Waals surface area contributed by atoms with Crippen LogP contribution in [-0.2, 0) is 19.4 Å². The third-order valence-corrected chi connectivity index (χ3v) is 6.44. The molecule has 31 heavy (non-hydrogen) atoms. The normalized spacial score (nSPS) is 12.6. The minimum absolute atomic E-state index is 0.0761. The molecule has 0 atom stereocenters. The van der Waals surface area contributed by atoms with Crippen LogP contribution in [0.3, 0.4) is 0 Å². The first-order valence-corrected chi connectivity index (χ1v) is 11.3. The predicted octanol–water partition coefficient (Wildman–Crippen LogP) is 5.38. The molecule has 0 aliphatic carbocycles. The quantitative estimate of drug-likeness (QED) is 0.259. The summed E-state index contributed by atoms with van der Waals surface area (Å²) in [4.78, 5) is 0. The molecule has 0 fully saturated rings. The Morgan fingerprint density at radius 3 is 2.45 bits per heavy atom. The molecule has 0 unspecified atom stereocenters. The Morgan fingerprint density at radius 1 is 0.935 bits per heavy atom. The maximum absolute atomic E-state index is 10.8. The molecule has 0 saturated carbocycles. The molecule has 164 valence electrons. The molecular formula is C26H32NO4+. The van der Waals surface area contributed by atoms with Crippen LogP contribution in [0.15, 0.2) is 30.5 Å². The Labute approximate surface area is 183 Å². The van der Waals surface area contributed by atoms with E-state index >= 15 is 0 Å². The van der Waals surface area contributed by atoms with Crippen molar-refractivity contribution in [1.29, 1.82) is 0 Å². The largest absolute Gasteiger partial charge is 0.504 e. The second-order valence-corrected chi connectivity index (χ2v) is 8.49. The van der Waals surface area contributed by atoms with Crippen molar-refractivity contribution in [1.82, 2.24) is 0 Å². The fourth-order valence-corrected chi connectivity index (χ4v) is 4.78. The standard InChI is InChI=1S/C26H31NO4/c1-3-4-5-6-7-8-9-19-18-10-11-24(31-2)26(30)21(18)16-27-13-12-17-14-22(28)23(29)15-20(17)25(19)27/h10-11,14-16H,3-9,12-13H2,1-2H3,(H2,28,29,30)/p+1. The van der Waals surface area contributed by atoms with Crippen LogP contribution in [0.25, 0.3) is 22.0 Å². The topological polar surface area (TPSA) is 73.8 Å². The van der Waals surface area contributed by atoms with E-state index in [1.807, 2.05) is 18.3 Å². The molecule has 4 rings (SSSR count). The maximum Gasteiger partial charge on any atom is 0.216 e. The molecule has 1 aromatic heterocycles. The first kappa shape index (κ1) is 21.3. The number of pyridine rings is 1. The van der Waals surface area contributed by atoms with Crippen molar-refractivity contribution in [3.05, 3.63) is 41.6 Å². The number of methoxy groups -OCH3 is 1. The lowest BCUT2D eigenvalue weighted by atomic mass is 9.89. The third kappa shape index (κ3) is 4.01. The summed E-state index contributed by atoms with van der Waals surface area (Å²) in [7, 11) is 1.56. The fourth-order valence-electron chi connectivity index (χ4n) is 4.78. The summed E-state index contributed by atoms with van der Waals surface area (Å²) < 4.78 is 7.51. The van der Waals surface area contributed by atoms with Gasteiger partial charge in [0, 0.05) is 17.4 Å². The number of nitrogens with zero attached hydrogens (tertiary/aromatic N) is 1. The van der Waals surface area contributed by atoms with E-state index in [4.69, 9.17) is 4.74 Å². The van der Waals surface area contributed by atoms with Gasteiger partial charge < -0.3 is 20.1 Å². The Hall–Kier alpha value is -2.95. The lowest BCUT2D eigenvalue weighted by molar-refractivity contribution is -0.686. The Morgan fingerprint density at radius 2 is 1.68 bits per heavy atom. The number of ether oxygens (including phenoxy) is 1. The number of unbranched alkanes of at least 4 members (excludes halogenated alkanes) is 5. The van der Waals surface area contributed by atoms with Crippen molar-refractivity contribution in [3.63, 3.8) is 0 Å². The van der Waals surface area contributed by atoms with Gasteiger partial charge in [-0.3, -0.25) is 0 Å². The van der Waals surface area contributed by atoms with E-state index in [2.05, 4.69) is 11.5 Å². The number of rotatable bonds is 8. The molecule has 0 amide bonds. The monoisotopic (exact) mass is 422 g/mol. The molecule has 0 spiro atoms. The van der Waals surface area contributed by atoms with E-state index in [0.717, 1.165) is 53.4 Å². The van der Waals surface area contributed by atoms with Gasteiger partial charge in [0.15, 0.2) is 35.7 Å². The van der Waals surface area contributed by atoms with E-state index in [9.17, 15) is 15.3 Å². The van der Waals surface area contributed by atoms with E-state index in [1.165, 1.54) is 37.7 Å². The molecule has 1 aliphatic rings. The summed E-state index contributed by atoms with van der Waals surface area (Å²) >= 11 is 0. The summed E-state index contributed by atoms with van der Waals surface area (Å²) in [6.45, 7) is 2.98. The molecule has 2 aromatic carbocycles. The molecule has 0 bridgehead atoms. The van der Waals surface area contributed by atoms with Crippen LogP contribution >= 0.6 is 0 Å². The zero-order valence-corrected chi connectivity index (χ0v) is 18.4. The smallest absolute Gasteiger partial charge is 0.216 e. The predicted molar refractivity (Wildman–Crippen MR) is 122 cm³/mol. The van der Waals surface area contributed by atoms with Gasteiger partial charge >= 0.3 is 0 Å². The number of benzene rings is 2. The molecule has 3 N–H and O–H groups in total. The second-order valence-electron chi connectivity index (χ2n) is 8.49. The van der Waals surface area contributed by atoms with E-state index in [1.54, 1.807) is 19.2 Å². The van der Waals surface area contributed by atoms with Gasteiger partial charge in [-0.15, -0.1) is 0 Å². The number of phenolic OH excluding ortho intramolecular Hbond substituents is 3. The van der Waals surface area contributed by atoms with Gasteiger partial charge in [0.05, 0.1) is 18.1 Å². The van der Waals surface area contributed by atoms with E-state index < -0.39 is 0 Å². The summed E-state index contributed by atoms with van der Waals surface area (Å²) in [6.07, 6.45) is 10.9. The number of phenols is 3. The summed E-state index contributed by atoms with van der Waals surface area (Å²) in [5.74, 6) is 0.458. The molecule has 5 nitrogen and oxygen atoms in total. The van der Waals surface area contributed by atoms with Gasteiger partial charge in [0.1, 0.15) is 0 Å². The van der Waals surface area contributed by atoms with Crippen LogP contribution in [0.4, 0.5) is 0 Å². The van der Waals surface area contributed by atoms with Crippen LogP contribution in [0.5, 0.6) is 23.0 Å². The maximum atomic E-state index is 10.8. The number of hydrogen-bond donors (Lipinski definition) is 3. The number of aryl methyl sites for hydroxylation is 3. The number of fused-ring (bicyclic) bond motifs is 4. The molecule has 0 radical (unpaired) electrons. The molecule has 2 heterocycles. The number of aromatic nitrogens is 1. The Bertz CT molecular complexity index is 1110. The van der Waals surface area contributed by atoms with Crippen LogP contribution in [0.1, 0.15) is 56.6 Å². The first-order chi connectivity index (χ1) is 15.0. The van der Waals surface area contributed by atoms with E-state index in [-0.39, 0.29) is 17.2 Å². The highest BCUT2D eigenvalue weighted by Gasteiger charge is 2.30. The van der Waals surface area contributed by atoms with Crippen LogP contribution < -0.4 is 9.30 Å². The molecule has 0 saturated heterocycles. The van der Waals surface area contributed by atoms with E-state index in [0.29, 0.717) is 5.75 Å². The van der Waals surface area contributed by atoms with Gasteiger partial charge in [0.2, 0.25) is 5.69 Å².